The van der Waals surface area contributed by atoms with Gasteiger partial charge in [-0.15, -0.1) is 11.3 Å². The van der Waals surface area contributed by atoms with Gasteiger partial charge in [-0.2, -0.15) is 0 Å². The molecular formula is C13H10N2O3S2. The minimum atomic E-state index is -0.463. The number of nitrogens with zero attached hydrogens (tertiary/aromatic N) is 2. The van der Waals surface area contributed by atoms with Gasteiger partial charge in [-0.05, 0) is 17.5 Å². The molecule has 0 aromatic carbocycles. The van der Waals surface area contributed by atoms with Crippen LogP contribution < -0.4 is 0 Å². The zero-order valence-corrected chi connectivity index (χ0v) is 12.2. The van der Waals surface area contributed by atoms with Crippen LogP contribution in [0.25, 0.3) is 10.2 Å². The molecule has 0 fully saturated rings. The standard InChI is InChI=1S/C13H10N2O3S2/c1-17-13(16)10-8(2-4-18-10)6-20-12-11-9(3-5-19-11)14-7-15-12/h2-5,7H,6H2,1H3. The Kier molecular flexibility index (Phi) is 3.70. The molecule has 0 aliphatic heterocycles. The third-order valence-corrected chi connectivity index (χ3v) is 4.77. The van der Waals surface area contributed by atoms with Crippen LogP contribution in [-0.2, 0) is 10.5 Å². The molecule has 5 nitrogen and oxygen atoms in total. The predicted octanol–water partition coefficient (Wildman–Crippen LogP) is 3.36. The predicted molar refractivity (Wildman–Crippen MR) is 77.0 cm³/mol. The van der Waals surface area contributed by atoms with E-state index < -0.39 is 5.97 Å². The Morgan fingerprint density at radius 1 is 1.45 bits per heavy atom. The zero-order chi connectivity index (χ0) is 13.9. The lowest BCUT2D eigenvalue weighted by Crippen LogP contribution is -2.02. The van der Waals surface area contributed by atoms with Crippen molar-refractivity contribution >= 4 is 39.3 Å². The van der Waals surface area contributed by atoms with Gasteiger partial charge in [0.05, 0.1) is 23.6 Å². The van der Waals surface area contributed by atoms with E-state index in [1.807, 2.05) is 11.4 Å². The van der Waals surface area contributed by atoms with Crippen molar-refractivity contribution in [3.63, 3.8) is 0 Å². The number of fused-ring (bicyclic) bond motifs is 1. The highest BCUT2D eigenvalue weighted by atomic mass is 32.2. The Balaban J connectivity index is 1.82. The minimum absolute atomic E-state index is 0.247. The van der Waals surface area contributed by atoms with Gasteiger partial charge in [0.2, 0.25) is 5.76 Å². The fourth-order valence-corrected chi connectivity index (χ4v) is 3.66. The number of furan rings is 1. The first-order chi connectivity index (χ1) is 9.79. The third kappa shape index (κ3) is 2.41. The Bertz CT molecular complexity index is 751. The van der Waals surface area contributed by atoms with Crippen LogP contribution in [0.5, 0.6) is 0 Å². The molecule has 0 aliphatic rings. The van der Waals surface area contributed by atoms with Gasteiger partial charge in [0.25, 0.3) is 0 Å². The molecule has 3 heterocycles. The zero-order valence-electron chi connectivity index (χ0n) is 10.5. The molecule has 0 N–H and O–H groups in total. The Morgan fingerprint density at radius 3 is 3.20 bits per heavy atom. The highest BCUT2D eigenvalue weighted by Gasteiger charge is 2.16. The maximum Gasteiger partial charge on any atom is 0.374 e. The van der Waals surface area contributed by atoms with Crippen LogP contribution in [0.15, 0.2) is 39.5 Å². The number of carbonyl (C=O) groups excluding carboxylic acids is 1. The van der Waals surface area contributed by atoms with Crippen molar-refractivity contribution in [3.8, 4) is 0 Å². The fourth-order valence-electron chi connectivity index (χ4n) is 1.74. The summed E-state index contributed by atoms with van der Waals surface area (Å²) in [5, 5.41) is 2.89. The lowest BCUT2D eigenvalue weighted by Gasteiger charge is -2.02. The molecule has 0 unspecified atom stereocenters. The number of esters is 1. The maximum atomic E-state index is 11.5. The summed E-state index contributed by atoms with van der Waals surface area (Å²) in [6.07, 6.45) is 3.04. The monoisotopic (exact) mass is 306 g/mol. The van der Waals surface area contributed by atoms with Crippen LogP contribution in [0.4, 0.5) is 0 Å². The van der Waals surface area contributed by atoms with Crippen LogP contribution in [0.3, 0.4) is 0 Å². The summed E-state index contributed by atoms with van der Waals surface area (Å²) in [4.78, 5) is 20.0. The molecule has 3 aromatic rings. The van der Waals surface area contributed by atoms with Crippen molar-refractivity contribution in [2.24, 2.45) is 0 Å². The van der Waals surface area contributed by atoms with E-state index in [1.165, 1.54) is 13.4 Å². The average Bonchev–Trinajstić information content (AvgIpc) is 3.12. The van der Waals surface area contributed by atoms with Crippen LogP contribution in [0.1, 0.15) is 16.1 Å². The van der Waals surface area contributed by atoms with Gasteiger partial charge in [-0.1, -0.05) is 11.8 Å². The highest BCUT2D eigenvalue weighted by molar-refractivity contribution is 7.98. The molecule has 0 amide bonds. The van der Waals surface area contributed by atoms with E-state index in [0.29, 0.717) is 5.75 Å². The smallest absolute Gasteiger partial charge is 0.374 e. The SMILES string of the molecule is COC(=O)c1occc1CSc1ncnc2ccsc12. The molecule has 3 aromatic heterocycles. The lowest BCUT2D eigenvalue weighted by molar-refractivity contribution is 0.0564. The van der Waals surface area contributed by atoms with E-state index in [0.717, 1.165) is 20.8 Å². The van der Waals surface area contributed by atoms with Gasteiger partial charge in [0.15, 0.2) is 0 Å². The number of carbonyl (C=O) groups is 1. The first kappa shape index (κ1) is 13.1. The van der Waals surface area contributed by atoms with Crippen molar-refractivity contribution in [2.75, 3.05) is 7.11 Å². The average molecular weight is 306 g/mol. The number of hydrogen-bond acceptors (Lipinski definition) is 7. The molecule has 0 aliphatic carbocycles. The second-order valence-corrected chi connectivity index (χ2v) is 5.75. The molecule has 0 spiro atoms. The summed E-state index contributed by atoms with van der Waals surface area (Å²) in [7, 11) is 1.33. The molecule has 7 heteroatoms. The van der Waals surface area contributed by atoms with E-state index in [2.05, 4.69) is 14.7 Å². The number of rotatable bonds is 4. The van der Waals surface area contributed by atoms with Crippen molar-refractivity contribution in [2.45, 2.75) is 10.8 Å². The second kappa shape index (κ2) is 5.64. The van der Waals surface area contributed by atoms with E-state index >= 15 is 0 Å². The molecule has 0 atom stereocenters. The molecule has 0 bridgehead atoms. The Labute approximate surface area is 123 Å². The second-order valence-electron chi connectivity index (χ2n) is 3.87. The van der Waals surface area contributed by atoms with Crippen molar-refractivity contribution in [1.82, 2.24) is 9.97 Å². The minimum Gasteiger partial charge on any atom is -0.463 e. The van der Waals surface area contributed by atoms with Crippen LogP contribution >= 0.6 is 23.1 Å². The topological polar surface area (TPSA) is 65.2 Å². The van der Waals surface area contributed by atoms with Crippen molar-refractivity contribution < 1.29 is 13.9 Å². The first-order valence-electron chi connectivity index (χ1n) is 5.75. The van der Waals surface area contributed by atoms with Gasteiger partial charge < -0.3 is 9.15 Å². The van der Waals surface area contributed by atoms with Gasteiger partial charge >= 0.3 is 5.97 Å². The van der Waals surface area contributed by atoms with Gasteiger partial charge in [0.1, 0.15) is 11.4 Å². The number of hydrogen-bond donors (Lipinski definition) is 0. The van der Waals surface area contributed by atoms with Gasteiger partial charge in [-0.25, -0.2) is 14.8 Å². The Hall–Kier alpha value is -1.86. The number of aromatic nitrogens is 2. The van der Waals surface area contributed by atoms with Crippen molar-refractivity contribution in [1.29, 1.82) is 0 Å². The number of thiophene rings is 1. The van der Waals surface area contributed by atoms with Crippen LogP contribution in [0.2, 0.25) is 0 Å². The molecule has 0 saturated heterocycles. The van der Waals surface area contributed by atoms with Crippen LogP contribution in [-0.4, -0.2) is 23.0 Å². The normalized spacial score (nSPS) is 10.8. The van der Waals surface area contributed by atoms with Crippen LogP contribution in [0, 0.1) is 0 Å². The lowest BCUT2D eigenvalue weighted by atomic mass is 10.3. The molecule has 0 saturated carbocycles. The summed E-state index contributed by atoms with van der Waals surface area (Å²) in [6.45, 7) is 0. The highest BCUT2D eigenvalue weighted by Crippen LogP contribution is 2.31. The molecule has 20 heavy (non-hydrogen) atoms. The largest absolute Gasteiger partial charge is 0.463 e. The van der Waals surface area contributed by atoms with E-state index in [1.54, 1.807) is 35.5 Å². The van der Waals surface area contributed by atoms with Gasteiger partial charge in [0, 0.05) is 11.3 Å². The fraction of sp³-hybridized carbons (Fsp3) is 0.154. The molecule has 0 radical (unpaired) electrons. The van der Waals surface area contributed by atoms with Crippen molar-refractivity contribution in [3.05, 3.63) is 41.4 Å². The van der Waals surface area contributed by atoms with E-state index in [9.17, 15) is 4.79 Å². The Morgan fingerprint density at radius 2 is 2.35 bits per heavy atom. The number of methoxy groups -OCH3 is 1. The van der Waals surface area contributed by atoms with E-state index in [-0.39, 0.29) is 5.76 Å². The molecule has 102 valence electrons. The number of thioether (sulfide) groups is 1. The van der Waals surface area contributed by atoms with Gasteiger partial charge in [-0.3, -0.25) is 0 Å². The third-order valence-electron chi connectivity index (χ3n) is 2.69. The molecule has 3 rings (SSSR count). The molecular weight excluding hydrogens is 296 g/mol. The number of ether oxygens (including phenoxy) is 1. The van der Waals surface area contributed by atoms with E-state index in [4.69, 9.17) is 4.42 Å². The maximum absolute atomic E-state index is 11.5. The summed E-state index contributed by atoms with van der Waals surface area (Å²) in [5.41, 5.74) is 1.73. The summed E-state index contributed by atoms with van der Waals surface area (Å²) in [6, 6.07) is 3.73. The summed E-state index contributed by atoms with van der Waals surface area (Å²) < 4.78 is 10.9. The quantitative estimate of drug-likeness (QED) is 0.418. The summed E-state index contributed by atoms with van der Waals surface area (Å²) >= 11 is 3.15. The summed E-state index contributed by atoms with van der Waals surface area (Å²) in [5.74, 6) is 0.372. The first-order valence-corrected chi connectivity index (χ1v) is 7.62.